The Bertz CT molecular complexity index is 1410. The van der Waals surface area contributed by atoms with Crippen molar-refractivity contribution in [3.8, 4) is 11.5 Å². The lowest BCUT2D eigenvalue weighted by Crippen LogP contribution is -2.42. The number of hydrogen-bond acceptors (Lipinski definition) is 9. The molecule has 0 atom stereocenters. The molecule has 4 rings (SSSR count). The van der Waals surface area contributed by atoms with E-state index in [9.17, 15) is 14.0 Å². The van der Waals surface area contributed by atoms with Gasteiger partial charge in [-0.15, -0.1) is 0 Å². The minimum Gasteiger partial charge on any atom is -0.489 e. The molecule has 0 unspecified atom stereocenters. The third-order valence-electron chi connectivity index (χ3n) is 6.33. The van der Waals surface area contributed by atoms with Gasteiger partial charge in [0.1, 0.15) is 5.82 Å². The van der Waals surface area contributed by atoms with Gasteiger partial charge in [-0.05, 0) is 41.5 Å². The first-order valence-corrected chi connectivity index (χ1v) is 14.2. The highest BCUT2D eigenvalue weighted by Gasteiger charge is 2.37. The molecular formula is C31H30FNO7S2. The molecule has 0 radical (unpaired) electrons. The summed E-state index contributed by atoms with van der Waals surface area (Å²) in [5, 5.41) is 0. The molecule has 8 nitrogen and oxygen atoms in total. The number of nitrogens with zero attached hydrogens (tertiary/aromatic N) is 1. The smallest absolute Gasteiger partial charge is 0.294 e. The summed E-state index contributed by atoms with van der Waals surface area (Å²) in [5.41, 5.74) is 1.40. The number of thioether (sulfide) groups is 1. The molecule has 0 N–H and O–H groups in total. The Morgan fingerprint density at radius 3 is 2.36 bits per heavy atom. The van der Waals surface area contributed by atoms with Crippen LogP contribution in [0.4, 0.5) is 4.39 Å². The number of amides is 1. The summed E-state index contributed by atoms with van der Waals surface area (Å²) in [6.45, 7) is 0.677. The van der Waals surface area contributed by atoms with Gasteiger partial charge < -0.3 is 23.7 Å². The van der Waals surface area contributed by atoms with Crippen molar-refractivity contribution in [2.75, 3.05) is 40.8 Å². The molecule has 0 bridgehead atoms. The van der Waals surface area contributed by atoms with Crippen LogP contribution in [-0.4, -0.2) is 62.4 Å². The summed E-state index contributed by atoms with van der Waals surface area (Å²) in [7, 11) is 3.17. The van der Waals surface area contributed by atoms with Crippen molar-refractivity contribution in [1.82, 2.24) is 4.90 Å². The molecule has 0 aliphatic carbocycles. The minimum atomic E-state index is -1.02. The molecule has 220 valence electrons. The first-order valence-electron chi connectivity index (χ1n) is 12.9. The summed E-state index contributed by atoms with van der Waals surface area (Å²) in [4.78, 5) is 25.1. The van der Waals surface area contributed by atoms with Crippen LogP contribution in [0.2, 0.25) is 0 Å². The number of thiocarbonyl (C=S) groups is 1. The van der Waals surface area contributed by atoms with Crippen LogP contribution in [-0.2, 0) is 35.8 Å². The van der Waals surface area contributed by atoms with Gasteiger partial charge in [0.05, 0.1) is 24.7 Å². The minimum absolute atomic E-state index is 0.180. The average Bonchev–Trinajstić information content (AvgIpc) is 3.25. The second-order valence-corrected chi connectivity index (χ2v) is 10.9. The molecular weight excluding hydrogens is 581 g/mol. The molecule has 42 heavy (non-hydrogen) atoms. The fourth-order valence-electron chi connectivity index (χ4n) is 4.36. The van der Waals surface area contributed by atoms with Gasteiger partial charge in [0.25, 0.3) is 12.4 Å². The predicted molar refractivity (Wildman–Crippen MR) is 162 cm³/mol. The van der Waals surface area contributed by atoms with Crippen molar-refractivity contribution >= 4 is 46.8 Å². The molecule has 0 aromatic heterocycles. The molecule has 1 aliphatic heterocycles. The van der Waals surface area contributed by atoms with E-state index in [4.69, 9.17) is 35.9 Å². The molecule has 3 aromatic rings. The van der Waals surface area contributed by atoms with Crippen LogP contribution in [0.3, 0.4) is 0 Å². The zero-order valence-corrected chi connectivity index (χ0v) is 24.8. The van der Waals surface area contributed by atoms with Crippen LogP contribution in [0.5, 0.6) is 11.5 Å². The van der Waals surface area contributed by atoms with Crippen LogP contribution in [0, 0.1) is 5.82 Å². The fraction of sp³-hybridized carbons (Fsp3) is 0.258. The van der Waals surface area contributed by atoms with E-state index in [1.54, 1.807) is 50.6 Å². The third kappa shape index (κ3) is 7.74. The molecule has 1 amide bonds. The maximum atomic E-state index is 13.3. The van der Waals surface area contributed by atoms with E-state index in [1.807, 2.05) is 30.3 Å². The highest BCUT2D eigenvalue weighted by Crippen LogP contribution is 2.38. The van der Waals surface area contributed by atoms with E-state index in [2.05, 4.69) is 0 Å². The lowest BCUT2D eigenvalue weighted by molar-refractivity contribution is -0.135. The van der Waals surface area contributed by atoms with Crippen molar-refractivity contribution in [3.63, 3.8) is 0 Å². The number of ether oxygens (including phenoxy) is 5. The maximum absolute atomic E-state index is 13.3. The van der Waals surface area contributed by atoms with Crippen molar-refractivity contribution in [2.24, 2.45) is 0 Å². The van der Waals surface area contributed by atoms with Gasteiger partial charge in [-0.3, -0.25) is 14.5 Å². The molecule has 11 heteroatoms. The summed E-state index contributed by atoms with van der Waals surface area (Å²) < 4.78 is 42.4. The van der Waals surface area contributed by atoms with Crippen LogP contribution < -0.4 is 9.47 Å². The topological polar surface area (TPSA) is 83.5 Å². The molecule has 1 aliphatic rings. The van der Waals surface area contributed by atoms with Crippen molar-refractivity contribution in [1.29, 1.82) is 0 Å². The number of hydrogen-bond donors (Lipinski definition) is 0. The van der Waals surface area contributed by atoms with Crippen molar-refractivity contribution < 1.29 is 37.7 Å². The van der Waals surface area contributed by atoms with Crippen LogP contribution in [0.1, 0.15) is 16.7 Å². The van der Waals surface area contributed by atoms with E-state index in [0.29, 0.717) is 35.0 Å². The Kier molecular flexibility index (Phi) is 11.1. The Labute approximate surface area is 253 Å². The first-order chi connectivity index (χ1) is 20.4. The van der Waals surface area contributed by atoms with E-state index >= 15 is 0 Å². The van der Waals surface area contributed by atoms with Crippen LogP contribution in [0.25, 0.3) is 6.08 Å². The van der Waals surface area contributed by atoms with E-state index in [0.717, 1.165) is 22.9 Å². The lowest BCUT2D eigenvalue weighted by Gasteiger charge is -2.34. The molecule has 1 heterocycles. The Hall–Kier alpha value is -3.77. The number of halogens is 1. The number of rotatable bonds is 15. The van der Waals surface area contributed by atoms with Gasteiger partial charge >= 0.3 is 0 Å². The number of carbonyl (C=O) groups excluding carboxylic acids is 2. The van der Waals surface area contributed by atoms with E-state index < -0.39 is 5.60 Å². The highest BCUT2D eigenvalue weighted by atomic mass is 32.2. The van der Waals surface area contributed by atoms with E-state index in [1.165, 1.54) is 17.0 Å². The van der Waals surface area contributed by atoms with Gasteiger partial charge in [0, 0.05) is 26.2 Å². The average molecular weight is 612 g/mol. The van der Waals surface area contributed by atoms with Gasteiger partial charge in [0.2, 0.25) is 0 Å². The van der Waals surface area contributed by atoms with Gasteiger partial charge in [-0.1, -0.05) is 72.5 Å². The number of carbonyl (C=O) groups is 2. The summed E-state index contributed by atoms with van der Waals surface area (Å²) in [5.74, 6) is 0.202. The highest BCUT2D eigenvalue weighted by molar-refractivity contribution is 8.26. The quantitative estimate of drug-likeness (QED) is 0.128. The zero-order valence-electron chi connectivity index (χ0n) is 23.1. The largest absolute Gasteiger partial charge is 0.489 e. The SMILES string of the molecule is COCC(COC)(Oc1cc(C=C2SC(=S)N(COC=O)C2=O)ccc1OCCc1ccc(F)cc1)c1ccccc1. The van der Waals surface area contributed by atoms with Gasteiger partial charge in [-0.25, -0.2) is 4.39 Å². The van der Waals surface area contributed by atoms with Crippen molar-refractivity contribution in [2.45, 2.75) is 12.0 Å². The third-order valence-corrected chi connectivity index (χ3v) is 7.71. The number of methoxy groups -OCH3 is 2. The molecule has 3 aromatic carbocycles. The summed E-state index contributed by atoms with van der Waals surface area (Å²) >= 11 is 6.40. The van der Waals surface area contributed by atoms with Gasteiger partial charge in [0.15, 0.2) is 28.2 Å². The Morgan fingerprint density at radius 2 is 1.69 bits per heavy atom. The molecule has 1 saturated heterocycles. The summed E-state index contributed by atoms with van der Waals surface area (Å²) in [6, 6.07) is 21.2. The fourth-order valence-corrected chi connectivity index (χ4v) is 5.59. The second kappa shape index (κ2) is 14.9. The first kappa shape index (κ1) is 31.2. The Morgan fingerprint density at radius 1 is 0.976 bits per heavy atom. The normalized spacial score (nSPS) is 14.4. The van der Waals surface area contributed by atoms with Crippen LogP contribution >= 0.6 is 24.0 Å². The monoisotopic (exact) mass is 611 g/mol. The van der Waals surface area contributed by atoms with Gasteiger partial charge in [-0.2, -0.15) is 0 Å². The standard InChI is InChI=1S/C31H30FNO7S2/c1-36-18-31(19-37-2,24-6-4-3-5-7-24)40-27-16-23(17-28-29(35)33(20-38-21-34)30(41)42-28)10-13-26(27)39-15-14-22-8-11-25(32)12-9-22/h3-13,16-17,21H,14-15,18-20H2,1-2H3. The number of benzene rings is 3. The molecule has 1 fully saturated rings. The maximum Gasteiger partial charge on any atom is 0.294 e. The second-order valence-electron chi connectivity index (χ2n) is 9.26. The summed E-state index contributed by atoms with van der Waals surface area (Å²) in [6.07, 6.45) is 2.24. The molecule has 0 spiro atoms. The Balaban J connectivity index is 1.68. The lowest BCUT2D eigenvalue weighted by atomic mass is 9.95. The zero-order chi connectivity index (χ0) is 30.0. The molecule has 0 saturated carbocycles. The van der Waals surface area contributed by atoms with E-state index in [-0.39, 0.29) is 42.5 Å². The predicted octanol–water partition coefficient (Wildman–Crippen LogP) is 5.35. The van der Waals surface area contributed by atoms with Crippen LogP contribution in [0.15, 0.2) is 77.7 Å². The van der Waals surface area contributed by atoms with Crippen molar-refractivity contribution in [3.05, 3.63) is 100 Å².